The van der Waals surface area contributed by atoms with Crippen LogP contribution >= 0.6 is 23.1 Å². The molecule has 0 atom stereocenters. The van der Waals surface area contributed by atoms with Gasteiger partial charge in [-0.25, -0.2) is 4.68 Å². The van der Waals surface area contributed by atoms with Crippen molar-refractivity contribution in [2.45, 2.75) is 24.4 Å². The molecule has 0 fully saturated rings. The number of tetrazole rings is 1. The van der Waals surface area contributed by atoms with E-state index in [9.17, 15) is 0 Å². The van der Waals surface area contributed by atoms with Gasteiger partial charge in [0.1, 0.15) is 5.75 Å². The average Bonchev–Trinajstić information content (AvgIpc) is 3.19. The first-order valence-electron chi connectivity index (χ1n) is 6.84. The van der Waals surface area contributed by atoms with Gasteiger partial charge in [0.05, 0.1) is 25.0 Å². The summed E-state index contributed by atoms with van der Waals surface area (Å²) in [5.74, 6) is 1.51. The molecular formula is C14H15N5OS2. The molecule has 0 unspecified atom stereocenters. The molecule has 114 valence electrons. The van der Waals surface area contributed by atoms with Crippen LogP contribution in [-0.2, 0) is 12.3 Å². The third-order valence-electron chi connectivity index (χ3n) is 2.84. The first-order valence-corrected chi connectivity index (χ1v) is 8.70. The number of aromatic nitrogens is 5. The zero-order valence-electron chi connectivity index (χ0n) is 12.0. The lowest BCUT2D eigenvalue weighted by Crippen LogP contribution is -2.02. The van der Waals surface area contributed by atoms with Gasteiger partial charge < -0.3 is 4.74 Å². The highest BCUT2D eigenvalue weighted by Crippen LogP contribution is 2.21. The molecule has 8 heteroatoms. The molecule has 0 amide bonds. The van der Waals surface area contributed by atoms with E-state index in [-0.39, 0.29) is 0 Å². The standard InChI is InChI=1S/C14H15N5OS2/c1-2-20-12-6-5-11(15-8-12)10-22-14-16-17-18-19(14)9-13-4-3-7-21-13/h3-8H,2,9-10H2,1H3. The van der Waals surface area contributed by atoms with Gasteiger partial charge in [-0.3, -0.25) is 4.98 Å². The van der Waals surface area contributed by atoms with Crippen molar-refractivity contribution in [3.8, 4) is 5.75 Å². The zero-order valence-corrected chi connectivity index (χ0v) is 13.7. The zero-order chi connectivity index (χ0) is 15.2. The maximum absolute atomic E-state index is 5.38. The quantitative estimate of drug-likeness (QED) is 0.620. The van der Waals surface area contributed by atoms with E-state index in [2.05, 4.69) is 32.0 Å². The molecule has 0 N–H and O–H groups in total. The van der Waals surface area contributed by atoms with Crippen LogP contribution in [0.2, 0.25) is 0 Å². The Morgan fingerprint density at radius 2 is 2.27 bits per heavy atom. The molecule has 3 rings (SSSR count). The van der Waals surface area contributed by atoms with Crippen LogP contribution in [-0.4, -0.2) is 31.8 Å². The van der Waals surface area contributed by atoms with Crippen molar-refractivity contribution in [3.63, 3.8) is 0 Å². The third-order valence-corrected chi connectivity index (χ3v) is 4.69. The Morgan fingerprint density at radius 1 is 1.32 bits per heavy atom. The van der Waals surface area contributed by atoms with E-state index >= 15 is 0 Å². The fourth-order valence-electron chi connectivity index (χ4n) is 1.84. The predicted molar refractivity (Wildman–Crippen MR) is 86.2 cm³/mol. The summed E-state index contributed by atoms with van der Waals surface area (Å²) in [5.41, 5.74) is 0.971. The van der Waals surface area contributed by atoms with Crippen LogP contribution < -0.4 is 4.74 Å². The maximum Gasteiger partial charge on any atom is 0.210 e. The van der Waals surface area contributed by atoms with Crippen LogP contribution in [0.5, 0.6) is 5.75 Å². The third kappa shape index (κ3) is 3.83. The maximum atomic E-state index is 5.38. The highest BCUT2D eigenvalue weighted by Gasteiger charge is 2.09. The van der Waals surface area contributed by atoms with Crippen LogP contribution in [0.15, 0.2) is 41.0 Å². The second-order valence-corrected chi connectivity index (χ2v) is 6.38. The largest absolute Gasteiger partial charge is 0.492 e. The van der Waals surface area contributed by atoms with Crippen molar-refractivity contribution in [3.05, 3.63) is 46.4 Å². The number of nitrogens with zero attached hydrogens (tertiary/aromatic N) is 5. The average molecular weight is 333 g/mol. The minimum absolute atomic E-state index is 0.646. The van der Waals surface area contributed by atoms with Crippen LogP contribution in [0.25, 0.3) is 0 Å². The second kappa shape index (κ2) is 7.37. The Balaban J connectivity index is 1.60. The van der Waals surface area contributed by atoms with E-state index in [1.165, 1.54) is 4.88 Å². The van der Waals surface area contributed by atoms with Gasteiger partial charge in [0, 0.05) is 10.6 Å². The van der Waals surface area contributed by atoms with Crippen molar-refractivity contribution in [1.82, 2.24) is 25.2 Å². The summed E-state index contributed by atoms with van der Waals surface area (Å²) < 4.78 is 7.20. The van der Waals surface area contributed by atoms with Crippen molar-refractivity contribution in [2.24, 2.45) is 0 Å². The summed E-state index contributed by atoms with van der Waals surface area (Å²) in [6, 6.07) is 8.00. The Labute approximate surface area is 136 Å². The van der Waals surface area contributed by atoms with Crippen LogP contribution in [0.1, 0.15) is 17.5 Å². The molecule has 0 radical (unpaired) electrons. The van der Waals surface area contributed by atoms with Crippen molar-refractivity contribution < 1.29 is 4.74 Å². The fraction of sp³-hybridized carbons (Fsp3) is 0.286. The van der Waals surface area contributed by atoms with E-state index < -0.39 is 0 Å². The molecule has 0 aromatic carbocycles. The number of thioether (sulfide) groups is 1. The number of ether oxygens (including phenoxy) is 1. The van der Waals surface area contributed by atoms with E-state index in [1.54, 1.807) is 29.3 Å². The van der Waals surface area contributed by atoms with Crippen LogP contribution in [0.4, 0.5) is 0 Å². The van der Waals surface area contributed by atoms with Gasteiger partial charge in [-0.15, -0.1) is 16.4 Å². The predicted octanol–water partition coefficient (Wildman–Crippen LogP) is 2.87. The molecule has 0 spiro atoms. The summed E-state index contributed by atoms with van der Waals surface area (Å²) in [4.78, 5) is 5.61. The number of hydrogen-bond acceptors (Lipinski definition) is 7. The minimum Gasteiger partial charge on any atom is -0.492 e. The van der Waals surface area contributed by atoms with Crippen LogP contribution in [0.3, 0.4) is 0 Å². The van der Waals surface area contributed by atoms with E-state index in [1.807, 2.05) is 29.8 Å². The molecule has 3 aromatic heterocycles. The normalized spacial score (nSPS) is 10.8. The van der Waals surface area contributed by atoms with Crippen molar-refractivity contribution >= 4 is 23.1 Å². The molecule has 6 nitrogen and oxygen atoms in total. The first kappa shape index (κ1) is 15.0. The van der Waals surface area contributed by atoms with Crippen molar-refractivity contribution in [1.29, 1.82) is 0 Å². The number of rotatable bonds is 7. The SMILES string of the molecule is CCOc1ccc(CSc2nnnn2Cc2cccs2)nc1. The first-order chi connectivity index (χ1) is 10.8. The van der Waals surface area contributed by atoms with E-state index in [0.717, 1.165) is 22.4 Å². The smallest absolute Gasteiger partial charge is 0.210 e. The Kier molecular flexibility index (Phi) is 5.02. The minimum atomic E-state index is 0.646. The van der Waals surface area contributed by atoms with E-state index in [4.69, 9.17) is 4.74 Å². The number of pyridine rings is 1. The molecule has 0 aliphatic carbocycles. The van der Waals surface area contributed by atoms with E-state index in [0.29, 0.717) is 13.2 Å². The van der Waals surface area contributed by atoms with Gasteiger partial charge in [0.25, 0.3) is 0 Å². The molecule has 3 aromatic rings. The lowest BCUT2D eigenvalue weighted by Gasteiger charge is -2.04. The summed E-state index contributed by atoms with van der Waals surface area (Å²) >= 11 is 3.27. The topological polar surface area (TPSA) is 65.7 Å². The molecule has 3 heterocycles. The highest BCUT2D eigenvalue weighted by molar-refractivity contribution is 7.98. The highest BCUT2D eigenvalue weighted by atomic mass is 32.2. The summed E-state index contributed by atoms with van der Waals surface area (Å²) in [6.45, 7) is 3.30. The molecule has 0 saturated heterocycles. The Hall–Kier alpha value is -1.93. The summed E-state index contributed by atoms with van der Waals surface area (Å²) in [7, 11) is 0. The monoisotopic (exact) mass is 333 g/mol. The summed E-state index contributed by atoms with van der Waals surface area (Å²) in [5, 5.41) is 14.7. The molecule has 0 saturated carbocycles. The molecule has 0 aliphatic heterocycles. The van der Waals surface area contributed by atoms with Gasteiger partial charge in [0.2, 0.25) is 5.16 Å². The Morgan fingerprint density at radius 3 is 3.00 bits per heavy atom. The Bertz CT molecular complexity index is 696. The van der Waals surface area contributed by atoms with Gasteiger partial charge in [-0.2, -0.15) is 0 Å². The number of hydrogen-bond donors (Lipinski definition) is 0. The van der Waals surface area contributed by atoms with Gasteiger partial charge >= 0.3 is 0 Å². The molecular weight excluding hydrogens is 318 g/mol. The van der Waals surface area contributed by atoms with Crippen molar-refractivity contribution in [2.75, 3.05) is 6.61 Å². The second-order valence-electron chi connectivity index (χ2n) is 4.41. The summed E-state index contributed by atoms with van der Waals surface area (Å²) in [6.07, 6.45) is 1.74. The van der Waals surface area contributed by atoms with Gasteiger partial charge in [-0.05, 0) is 40.9 Å². The van der Waals surface area contributed by atoms with Gasteiger partial charge in [-0.1, -0.05) is 17.8 Å². The van der Waals surface area contributed by atoms with Gasteiger partial charge in [0.15, 0.2) is 0 Å². The van der Waals surface area contributed by atoms with Crippen LogP contribution in [0, 0.1) is 0 Å². The lowest BCUT2D eigenvalue weighted by molar-refractivity contribution is 0.338. The molecule has 0 bridgehead atoms. The molecule has 22 heavy (non-hydrogen) atoms. The molecule has 0 aliphatic rings. The fourth-order valence-corrected chi connectivity index (χ4v) is 3.31. The lowest BCUT2D eigenvalue weighted by atomic mass is 10.4. The number of thiophene rings is 1.